The monoisotopic (exact) mass is 624 g/mol. The third kappa shape index (κ3) is 6.70. The van der Waals surface area contributed by atoms with Crippen LogP contribution in [0.25, 0.3) is 21.5 Å². The van der Waals surface area contributed by atoms with Gasteiger partial charge in [-0.2, -0.15) is 0 Å². The zero-order chi connectivity index (χ0) is 31.7. The second-order valence-electron chi connectivity index (χ2n) is 10.8. The van der Waals surface area contributed by atoms with Gasteiger partial charge in [-0.25, -0.2) is 0 Å². The number of fused-ring (bicyclic) bond motifs is 6. The summed E-state index contributed by atoms with van der Waals surface area (Å²) in [5.74, 6) is 2.78. The van der Waals surface area contributed by atoms with Gasteiger partial charge in [0.05, 0.1) is 61.0 Å². The Labute approximate surface area is 269 Å². The van der Waals surface area contributed by atoms with Crippen molar-refractivity contribution < 1.29 is 37.9 Å². The second-order valence-corrected chi connectivity index (χ2v) is 10.8. The van der Waals surface area contributed by atoms with Crippen molar-refractivity contribution in [1.29, 1.82) is 0 Å². The molecule has 0 fully saturated rings. The first-order valence-corrected chi connectivity index (χ1v) is 15.6. The molecule has 46 heavy (non-hydrogen) atoms. The van der Waals surface area contributed by atoms with Crippen molar-refractivity contribution in [3.8, 4) is 28.7 Å². The summed E-state index contributed by atoms with van der Waals surface area (Å²) in [5.41, 5.74) is 2.92. The highest BCUT2D eigenvalue weighted by Crippen LogP contribution is 2.50. The second kappa shape index (κ2) is 15.2. The summed E-state index contributed by atoms with van der Waals surface area (Å²) < 4.78 is 47.9. The number of benzene rings is 5. The maximum atomic E-state index is 6.56. The quantitative estimate of drug-likeness (QED) is 0.211. The Hall–Kier alpha value is -4.50. The molecule has 0 atom stereocenters. The summed E-state index contributed by atoms with van der Waals surface area (Å²) in [6.07, 6.45) is 0. The molecule has 8 heteroatoms. The summed E-state index contributed by atoms with van der Waals surface area (Å²) in [7, 11) is 4.88. The molecule has 6 rings (SSSR count). The molecule has 0 amide bonds. The van der Waals surface area contributed by atoms with Crippen molar-refractivity contribution in [3.05, 3.63) is 102 Å². The Morgan fingerprint density at radius 1 is 0.500 bits per heavy atom. The predicted octanol–water partition coefficient (Wildman–Crippen LogP) is 7.02. The normalized spacial score (nSPS) is 15.5. The minimum absolute atomic E-state index is 0.370. The summed E-state index contributed by atoms with van der Waals surface area (Å²) in [6.45, 7) is 3.52. The van der Waals surface area contributed by atoms with Crippen LogP contribution in [0, 0.1) is 0 Å². The first-order chi connectivity index (χ1) is 22.7. The van der Waals surface area contributed by atoms with E-state index < -0.39 is 0 Å². The van der Waals surface area contributed by atoms with Gasteiger partial charge < -0.3 is 37.9 Å². The SMILES string of the molecule is COc1cc(C2c3c(ccc4ccccc34)OCCOCCOCCOCCOc3ccc4ccccc4c32)cc(OC)c1OC. The molecule has 8 nitrogen and oxygen atoms in total. The average molecular weight is 625 g/mol. The highest BCUT2D eigenvalue weighted by atomic mass is 16.6. The molecule has 0 aromatic heterocycles. The van der Waals surface area contributed by atoms with E-state index in [0.29, 0.717) is 70.1 Å². The lowest BCUT2D eigenvalue weighted by atomic mass is 9.79. The van der Waals surface area contributed by atoms with E-state index in [2.05, 4.69) is 48.5 Å². The van der Waals surface area contributed by atoms with Gasteiger partial charge in [-0.15, -0.1) is 0 Å². The van der Waals surface area contributed by atoms with Gasteiger partial charge in [0.15, 0.2) is 11.5 Å². The number of hydrogen-bond donors (Lipinski definition) is 0. The highest BCUT2D eigenvalue weighted by molar-refractivity contribution is 5.94. The third-order valence-corrected chi connectivity index (χ3v) is 8.17. The first kappa shape index (κ1) is 31.5. The molecule has 5 aromatic rings. The largest absolute Gasteiger partial charge is 0.493 e. The van der Waals surface area contributed by atoms with E-state index in [1.807, 2.05) is 36.4 Å². The summed E-state index contributed by atoms with van der Waals surface area (Å²) >= 11 is 0. The lowest BCUT2D eigenvalue weighted by Gasteiger charge is -2.28. The summed E-state index contributed by atoms with van der Waals surface area (Å²) in [4.78, 5) is 0. The number of rotatable bonds is 4. The Kier molecular flexibility index (Phi) is 10.4. The Morgan fingerprint density at radius 2 is 0.935 bits per heavy atom. The predicted molar refractivity (Wildman–Crippen MR) is 178 cm³/mol. The lowest BCUT2D eigenvalue weighted by molar-refractivity contribution is 0.00481. The van der Waals surface area contributed by atoms with Crippen molar-refractivity contribution in [2.24, 2.45) is 0 Å². The zero-order valence-corrected chi connectivity index (χ0v) is 26.6. The van der Waals surface area contributed by atoms with E-state index in [0.717, 1.165) is 49.7 Å². The fraction of sp³-hybridized carbons (Fsp3) is 0.316. The number of ether oxygens (including phenoxy) is 8. The summed E-state index contributed by atoms with van der Waals surface area (Å²) in [6, 6.07) is 29.0. The molecule has 1 aliphatic rings. The third-order valence-electron chi connectivity index (χ3n) is 8.17. The van der Waals surface area contributed by atoms with Crippen LogP contribution in [0.2, 0.25) is 0 Å². The zero-order valence-electron chi connectivity index (χ0n) is 26.6. The maximum Gasteiger partial charge on any atom is 0.203 e. The molecule has 5 aromatic carbocycles. The van der Waals surface area contributed by atoms with Crippen LogP contribution in [-0.2, 0) is 14.2 Å². The van der Waals surface area contributed by atoms with Gasteiger partial charge in [-0.05, 0) is 51.4 Å². The minimum atomic E-state index is -0.370. The molecular weight excluding hydrogens is 584 g/mol. The van der Waals surface area contributed by atoms with Gasteiger partial charge in [0.1, 0.15) is 24.7 Å². The fourth-order valence-corrected chi connectivity index (χ4v) is 6.11. The van der Waals surface area contributed by atoms with Crippen LogP contribution in [0.4, 0.5) is 0 Å². The first-order valence-electron chi connectivity index (χ1n) is 15.6. The van der Waals surface area contributed by atoms with Gasteiger partial charge in [-0.3, -0.25) is 0 Å². The van der Waals surface area contributed by atoms with Crippen LogP contribution in [-0.4, -0.2) is 74.2 Å². The van der Waals surface area contributed by atoms with Crippen molar-refractivity contribution >= 4 is 21.5 Å². The van der Waals surface area contributed by atoms with E-state index in [-0.39, 0.29) is 5.92 Å². The highest BCUT2D eigenvalue weighted by Gasteiger charge is 2.30. The average Bonchev–Trinajstić information content (AvgIpc) is 3.10. The number of hydrogen-bond acceptors (Lipinski definition) is 8. The molecule has 0 spiro atoms. The van der Waals surface area contributed by atoms with Gasteiger partial charge in [-0.1, -0.05) is 60.7 Å². The molecule has 0 bridgehead atoms. The molecule has 1 aliphatic heterocycles. The van der Waals surface area contributed by atoms with E-state index >= 15 is 0 Å². The molecule has 0 radical (unpaired) electrons. The Balaban J connectivity index is 1.65. The molecule has 0 aliphatic carbocycles. The fourth-order valence-electron chi connectivity index (χ4n) is 6.11. The van der Waals surface area contributed by atoms with Crippen molar-refractivity contribution in [3.63, 3.8) is 0 Å². The van der Waals surface area contributed by atoms with Gasteiger partial charge in [0.25, 0.3) is 0 Å². The maximum absolute atomic E-state index is 6.56. The van der Waals surface area contributed by atoms with Crippen LogP contribution in [0.15, 0.2) is 84.9 Å². The van der Waals surface area contributed by atoms with E-state index in [4.69, 9.17) is 37.9 Å². The molecule has 0 N–H and O–H groups in total. The van der Waals surface area contributed by atoms with Gasteiger partial charge in [0.2, 0.25) is 5.75 Å². The minimum Gasteiger partial charge on any atom is -0.493 e. The molecule has 0 saturated carbocycles. The standard InChI is InChI=1S/C38H40O8/c1-39-33-24-28(25-34(40-2)38(33)41-3)35-36-29-10-6-4-8-26(29)12-14-31(36)45-22-20-43-18-16-42-17-19-44-21-23-46-32-15-13-27-9-5-7-11-30(27)37(32)35/h4-15,24-25,35H,16-23H2,1-3H3. The molecular formula is C38H40O8. The number of methoxy groups -OCH3 is 3. The molecule has 0 saturated heterocycles. The molecule has 0 unspecified atom stereocenters. The van der Waals surface area contributed by atoms with Crippen molar-refractivity contribution in [2.45, 2.75) is 5.92 Å². The van der Waals surface area contributed by atoms with Crippen molar-refractivity contribution in [1.82, 2.24) is 0 Å². The van der Waals surface area contributed by atoms with Crippen LogP contribution in [0.1, 0.15) is 22.6 Å². The van der Waals surface area contributed by atoms with Gasteiger partial charge >= 0.3 is 0 Å². The molecule has 240 valence electrons. The van der Waals surface area contributed by atoms with Crippen LogP contribution >= 0.6 is 0 Å². The summed E-state index contributed by atoms with van der Waals surface area (Å²) in [5, 5.41) is 4.30. The molecule has 1 heterocycles. The topological polar surface area (TPSA) is 73.8 Å². The Bertz CT molecular complexity index is 1650. The van der Waals surface area contributed by atoms with Crippen LogP contribution in [0.5, 0.6) is 28.7 Å². The van der Waals surface area contributed by atoms with Gasteiger partial charge in [0, 0.05) is 17.0 Å². The van der Waals surface area contributed by atoms with E-state index in [1.165, 1.54) is 0 Å². The van der Waals surface area contributed by atoms with Crippen LogP contribution in [0.3, 0.4) is 0 Å². The smallest absolute Gasteiger partial charge is 0.203 e. The van der Waals surface area contributed by atoms with Crippen molar-refractivity contribution in [2.75, 3.05) is 74.2 Å². The lowest BCUT2D eigenvalue weighted by Crippen LogP contribution is -2.16. The van der Waals surface area contributed by atoms with E-state index in [9.17, 15) is 0 Å². The van der Waals surface area contributed by atoms with Crippen LogP contribution < -0.4 is 23.7 Å². The van der Waals surface area contributed by atoms with E-state index in [1.54, 1.807) is 21.3 Å². The Morgan fingerprint density at radius 3 is 1.37 bits per heavy atom.